The first-order valence-electron chi connectivity index (χ1n) is 9.22. The number of hydrogen-bond acceptors (Lipinski definition) is 7. The Hall–Kier alpha value is -3.60. The highest BCUT2D eigenvalue weighted by Gasteiger charge is 2.24. The second kappa shape index (κ2) is 8.87. The van der Waals surface area contributed by atoms with Crippen LogP contribution in [0.5, 0.6) is 17.4 Å². The van der Waals surface area contributed by atoms with Crippen molar-refractivity contribution < 1.29 is 27.3 Å². The minimum absolute atomic E-state index is 0.0118. The molecule has 0 saturated carbocycles. The number of halogens is 2. The monoisotopic (exact) mass is 462 g/mol. The van der Waals surface area contributed by atoms with Crippen molar-refractivity contribution in [2.75, 3.05) is 18.7 Å². The molecule has 11 heteroatoms. The molecule has 1 aromatic heterocycles. The average molecular weight is 462 g/mol. The van der Waals surface area contributed by atoms with Gasteiger partial charge in [-0.15, -0.1) is 5.10 Å². The number of anilines is 1. The van der Waals surface area contributed by atoms with Crippen LogP contribution in [0.2, 0.25) is 0 Å². The maximum atomic E-state index is 14.1. The first kappa shape index (κ1) is 23.1. The Balaban J connectivity index is 2.02. The third-order valence-electron chi connectivity index (χ3n) is 4.62. The fourth-order valence-corrected chi connectivity index (χ4v) is 3.51. The van der Waals surface area contributed by atoms with Crippen LogP contribution in [-0.4, -0.2) is 33.7 Å². The SMILES string of the molecule is COc1c(Oc2nnc(C)c(C)c2C(=O)Nc2cccc(S(C)(=N)=O)c2)ccc(F)c1F. The molecule has 2 N–H and O–H groups in total. The van der Waals surface area contributed by atoms with Gasteiger partial charge in [0.15, 0.2) is 11.6 Å². The molecule has 0 spiro atoms. The van der Waals surface area contributed by atoms with Crippen molar-refractivity contribution in [3.05, 3.63) is 64.9 Å². The number of nitrogens with one attached hydrogen (secondary N) is 2. The predicted octanol–water partition coefficient (Wildman–Crippen LogP) is 4.46. The fourth-order valence-electron chi connectivity index (χ4n) is 2.82. The molecule has 0 fully saturated rings. The van der Waals surface area contributed by atoms with Crippen LogP contribution in [0.3, 0.4) is 0 Å². The highest BCUT2D eigenvalue weighted by molar-refractivity contribution is 7.91. The Morgan fingerprint density at radius 2 is 1.88 bits per heavy atom. The first-order chi connectivity index (χ1) is 15.0. The molecule has 1 amide bonds. The number of rotatable bonds is 6. The van der Waals surface area contributed by atoms with Gasteiger partial charge in [-0.25, -0.2) is 13.4 Å². The number of carbonyl (C=O) groups is 1. The van der Waals surface area contributed by atoms with E-state index >= 15 is 0 Å². The van der Waals surface area contributed by atoms with Gasteiger partial charge in [0.1, 0.15) is 5.56 Å². The molecule has 1 unspecified atom stereocenters. The van der Waals surface area contributed by atoms with E-state index < -0.39 is 33.0 Å². The Morgan fingerprint density at radius 1 is 1.16 bits per heavy atom. The van der Waals surface area contributed by atoms with Gasteiger partial charge in [0.25, 0.3) is 11.8 Å². The molecule has 0 aliphatic carbocycles. The van der Waals surface area contributed by atoms with E-state index in [1.807, 2.05) is 0 Å². The molecule has 3 aromatic rings. The minimum atomic E-state index is -2.98. The normalized spacial score (nSPS) is 12.7. The highest BCUT2D eigenvalue weighted by atomic mass is 32.2. The molecule has 8 nitrogen and oxygen atoms in total. The zero-order valence-corrected chi connectivity index (χ0v) is 18.5. The van der Waals surface area contributed by atoms with Gasteiger partial charge in [-0.3, -0.25) is 4.79 Å². The van der Waals surface area contributed by atoms with Crippen molar-refractivity contribution in [3.63, 3.8) is 0 Å². The number of hydrogen-bond donors (Lipinski definition) is 2. The van der Waals surface area contributed by atoms with E-state index in [0.29, 0.717) is 16.9 Å². The van der Waals surface area contributed by atoms with E-state index in [4.69, 9.17) is 14.3 Å². The molecule has 0 aliphatic rings. The number of methoxy groups -OCH3 is 1. The number of carbonyl (C=O) groups excluding carboxylic acids is 1. The van der Waals surface area contributed by atoms with Gasteiger partial charge in [0.05, 0.1) is 22.5 Å². The molecular weight excluding hydrogens is 442 g/mol. The van der Waals surface area contributed by atoms with Gasteiger partial charge in [-0.2, -0.15) is 9.49 Å². The van der Waals surface area contributed by atoms with Gasteiger partial charge >= 0.3 is 0 Å². The number of amides is 1. The molecule has 1 atom stereocenters. The van der Waals surface area contributed by atoms with Gasteiger partial charge in [-0.05, 0) is 49.7 Å². The second-order valence-electron chi connectivity index (χ2n) is 6.91. The molecule has 32 heavy (non-hydrogen) atoms. The number of nitrogens with zero attached hydrogens (tertiary/aromatic N) is 2. The Morgan fingerprint density at radius 3 is 2.53 bits per heavy atom. The molecular formula is C21H20F2N4O4S. The predicted molar refractivity (Wildman–Crippen MR) is 114 cm³/mol. The first-order valence-corrected chi connectivity index (χ1v) is 11.2. The van der Waals surface area contributed by atoms with Gasteiger partial charge in [0.2, 0.25) is 11.6 Å². The molecule has 0 saturated heterocycles. The number of ether oxygens (including phenoxy) is 2. The Labute approximate surface area is 183 Å². The summed E-state index contributed by atoms with van der Waals surface area (Å²) in [5, 5.41) is 10.5. The summed E-state index contributed by atoms with van der Waals surface area (Å²) in [6, 6.07) is 8.10. The highest BCUT2D eigenvalue weighted by Crippen LogP contribution is 2.36. The number of aromatic nitrogens is 2. The smallest absolute Gasteiger partial charge is 0.261 e. The molecule has 0 aliphatic heterocycles. The fraction of sp³-hybridized carbons (Fsp3) is 0.190. The van der Waals surface area contributed by atoms with E-state index in [1.165, 1.54) is 18.4 Å². The Bertz CT molecular complexity index is 1310. The van der Waals surface area contributed by atoms with Crippen LogP contribution in [0.4, 0.5) is 14.5 Å². The van der Waals surface area contributed by atoms with Crippen molar-refractivity contribution >= 4 is 21.3 Å². The van der Waals surface area contributed by atoms with E-state index in [2.05, 4.69) is 15.5 Å². The van der Waals surface area contributed by atoms with Crippen LogP contribution in [0.25, 0.3) is 0 Å². The van der Waals surface area contributed by atoms with Crippen molar-refractivity contribution in [1.29, 1.82) is 4.78 Å². The third-order valence-corrected chi connectivity index (χ3v) is 5.77. The van der Waals surface area contributed by atoms with Gasteiger partial charge in [0, 0.05) is 16.8 Å². The molecule has 0 bridgehead atoms. The van der Waals surface area contributed by atoms with Crippen LogP contribution in [-0.2, 0) is 9.73 Å². The second-order valence-corrected chi connectivity index (χ2v) is 9.07. The summed E-state index contributed by atoms with van der Waals surface area (Å²) < 4.78 is 57.8. The maximum Gasteiger partial charge on any atom is 0.261 e. The molecule has 0 radical (unpaired) electrons. The van der Waals surface area contributed by atoms with Crippen LogP contribution >= 0.6 is 0 Å². The topological polar surface area (TPSA) is 114 Å². The molecule has 2 aromatic carbocycles. The summed E-state index contributed by atoms with van der Waals surface area (Å²) >= 11 is 0. The summed E-state index contributed by atoms with van der Waals surface area (Å²) in [5.74, 6) is -3.92. The molecule has 1 heterocycles. The lowest BCUT2D eigenvalue weighted by Crippen LogP contribution is -2.17. The summed E-state index contributed by atoms with van der Waals surface area (Å²) in [7, 11) is -1.83. The van der Waals surface area contributed by atoms with Crippen LogP contribution in [0, 0.1) is 30.3 Å². The maximum absolute atomic E-state index is 14.1. The summed E-state index contributed by atoms with van der Waals surface area (Å²) in [5.41, 5.74) is 1.22. The van der Waals surface area contributed by atoms with Crippen molar-refractivity contribution in [2.24, 2.45) is 0 Å². The minimum Gasteiger partial charge on any atom is -0.490 e. The third kappa shape index (κ3) is 4.67. The number of benzene rings is 2. The molecule has 168 valence electrons. The summed E-state index contributed by atoms with van der Waals surface area (Å²) in [6.45, 7) is 3.28. The lowest BCUT2D eigenvalue weighted by atomic mass is 10.1. The van der Waals surface area contributed by atoms with Crippen LogP contribution in [0.1, 0.15) is 21.6 Å². The van der Waals surface area contributed by atoms with Crippen molar-refractivity contribution in [3.8, 4) is 17.4 Å². The van der Waals surface area contributed by atoms with E-state index in [0.717, 1.165) is 19.2 Å². The summed E-state index contributed by atoms with van der Waals surface area (Å²) in [4.78, 5) is 13.3. The molecule has 3 rings (SSSR count). The van der Waals surface area contributed by atoms with Crippen LogP contribution in [0.15, 0.2) is 41.3 Å². The summed E-state index contributed by atoms with van der Waals surface area (Å²) in [6.07, 6.45) is 1.27. The van der Waals surface area contributed by atoms with Crippen molar-refractivity contribution in [2.45, 2.75) is 18.7 Å². The zero-order chi connectivity index (χ0) is 23.6. The van der Waals surface area contributed by atoms with Crippen LogP contribution < -0.4 is 14.8 Å². The van der Waals surface area contributed by atoms with Gasteiger partial charge < -0.3 is 14.8 Å². The average Bonchev–Trinajstić information content (AvgIpc) is 2.73. The number of aryl methyl sites for hydroxylation is 1. The van der Waals surface area contributed by atoms with E-state index in [1.54, 1.807) is 26.0 Å². The Kier molecular flexibility index (Phi) is 6.40. The standard InChI is InChI=1S/C21H20F2N4O4S/c1-11-12(2)26-27-21(31-16-9-8-15(22)18(23)19(16)30-3)17(11)20(28)25-13-6-5-7-14(10-13)32(4,24)29/h5-10,24H,1-4H3,(H,25,28). The van der Waals surface area contributed by atoms with E-state index in [9.17, 15) is 17.8 Å². The van der Waals surface area contributed by atoms with E-state index in [-0.39, 0.29) is 22.1 Å². The quantitative estimate of drug-likeness (QED) is 0.559. The lowest BCUT2D eigenvalue weighted by molar-refractivity contribution is 0.102. The largest absolute Gasteiger partial charge is 0.490 e. The zero-order valence-electron chi connectivity index (χ0n) is 17.7. The van der Waals surface area contributed by atoms with Crippen molar-refractivity contribution in [1.82, 2.24) is 10.2 Å². The van der Waals surface area contributed by atoms with Gasteiger partial charge in [-0.1, -0.05) is 6.07 Å². The lowest BCUT2D eigenvalue weighted by Gasteiger charge is -2.15.